The first-order chi connectivity index (χ1) is 9.13. The summed E-state index contributed by atoms with van der Waals surface area (Å²) in [5.41, 5.74) is 1.97. The fraction of sp³-hybridized carbons (Fsp3) is 0.308. The highest BCUT2D eigenvalue weighted by Crippen LogP contribution is 2.03. The summed E-state index contributed by atoms with van der Waals surface area (Å²) in [6.07, 6.45) is 3.72. The second-order valence-electron chi connectivity index (χ2n) is 4.33. The first-order valence-corrected chi connectivity index (χ1v) is 6.11. The van der Waals surface area contributed by atoms with Crippen LogP contribution in [0.15, 0.2) is 30.6 Å². The van der Waals surface area contributed by atoms with E-state index in [1.807, 2.05) is 32.2 Å². The number of aromatic nitrogens is 3. The molecule has 2 aromatic rings. The van der Waals surface area contributed by atoms with Crippen molar-refractivity contribution in [2.45, 2.75) is 20.4 Å². The first-order valence-electron chi connectivity index (χ1n) is 6.11. The van der Waals surface area contributed by atoms with Crippen LogP contribution in [-0.4, -0.2) is 27.3 Å². The van der Waals surface area contributed by atoms with Gasteiger partial charge in [0, 0.05) is 18.4 Å². The Hall–Kier alpha value is -2.37. The lowest BCUT2D eigenvalue weighted by molar-refractivity contribution is 0.251. The number of aryl methyl sites for hydroxylation is 2. The molecule has 0 bridgehead atoms. The molecule has 0 atom stereocenters. The molecule has 2 N–H and O–H groups in total. The van der Waals surface area contributed by atoms with E-state index in [1.165, 1.54) is 0 Å². The molecule has 2 heterocycles. The zero-order valence-electron chi connectivity index (χ0n) is 11.1. The molecule has 0 radical (unpaired) electrons. The van der Waals surface area contributed by atoms with E-state index >= 15 is 0 Å². The summed E-state index contributed by atoms with van der Waals surface area (Å²) in [4.78, 5) is 15.8. The van der Waals surface area contributed by atoms with Gasteiger partial charge in [-0.25, -0.2) is 9.78 Å². The molecule has 2 aromatic heterocycles. The van der Waals surface area contributed by atoms with E-state index in [0.29, 0.717) is 18.9 Å². The predicted molar refractivity (Wildman–Crippen MR) is 73.0 cm³/mol. The third-order valence-corrected chi connectivity index (χ3v) is 2.52. The number of urea groups is 1. The maximum atomic E-state index is 11.6. The van der Waals surface area contributed by atoms with E-state index in [2.05, 4.69) is 20.7 Å². The molecule has 6 nitrogen and oxygen atoms in total. The van der Waals surface area contributed by atoms with Gasteiger partial charge in [-0.15, -0.1) is 0 Å². The van der Waals surface area contributed by atoms with E-state index in [4.69, 9.17) is 0 Å². The van der Waals surface area contributed by atoms with Crippen LogP contribution < -0.4 is 10.6 Å². The third kappa shape index (κ3) is 4.09. The Morgan fingerprint density at radius 3 is 2.89 bits per heavy atom. The SMILES string of the molecule is Cc1cnn(CCNC(=O)Nc2cccc(C)n2)c1. The molecule has 19 heavy (non-hydrogen) atoms. The highest BCUT2D eigenvalue weighted by Gasteiger charge is 2.02. The van der Waals surface area contributed by atoms with Gasteiger partial charge in [0.15, 0.2) is 0 Å². The van der Waals surface area contributed by atoms with E-state index in [9.17, 15) is 4.79 Å². The fourth-order valence-electron chi connectivity index (χ4n) is 1.65. The minimum Gasteiger partial charge on any atom is -0.336 e. The van der Waals surface area contributed by atoms with Gasteiger partial charge in [0.25, 0.3) is 0 Å². The van der Waals surface area contributed by atoms with E-state index < -0.39 is 0 Å². The molecule has 0 unspecified atom stereocenters. The van der Waals surface area contributed by atoms with Crippen LogP contribution >= 0.6 is 0 Å². The number of nitrogens with one attached hydrogen (secondary N) is 2. The van der Waals surface area contributed by atoms with Gasteiger partial charge in [-0.2, -0.15) is 5.10 Å². The lowest BCUT2D eigenvalue weighted by Crippen LogP contribution is -2.31. The molecule has 2 rings (SSSR count). The molecule has 6 heteroatoms. The number of hydrogen-bond donors (Lipinski definition) is 2. The highest BCUT2D eigenvalue weighted by atomic mass is 16.2. The Kier molecular flexibility index (Phi) is 4.12. The van der Waals surface area contributed by atoms with Crippen molar-refractivity contribution < 1.29 is 4.79 Å². The van der Waals surface area contributed by atoms with Crippen molar-refractivity contribution in [3.05, 3.63) is 41.9 Å². The van der Waals surface area contributed by atoms with Gasteiger partial charge in [-0.1, -0.05) is 6.07 Å². The summed E-state index contributed by atoms with van der Waals surface area (Å²) < 4.78 is 1.79. The number of rotatable bonds is 4. The van der Waals surface area contributed by atoms with Crippen LogP contribution in [0.2, 0.25) is 0 Å². The second-order valence-corrected chi connectivity index (χ2v) is 4.33. The number of carbonyl (C=O) groups excluding carboxylic acids is 1. The Bertz CT molecular complexity index is 564. The van der Waals surface area contributed by atoms with Crippen LogP contribution in [0.25, 0.3) is 0 Å². The summed E-state index contributed by atoms with van der Waals surface area (Å²) in [5, 5.41) is 9.58. The van der Waals surface area contributed by atoms with E-state index in [0.717, 1.165) is 11.3 Å². The predicted octanol–water partition coefficient (Wildman–Crippen LogP) is 1.72. The van der Waals surface area contributed by atoms with Gasteiger partial charge < -0.3 is 5.32 Å². The summed E-state index contributed by atoms with van der Waals surface area (Å²) in [6, 6.07) is 5.22. The maximum Gasteiger partial charge on any atom is 0.320 e. The molecule has 2 amide bonds. The summed E-state index contributed by atoms with van der Waals surface area (Å²) >= 11 is 0. The zero-order chi connectivity index (χ0) is 13.7. The second kappa shape index (κ2) is 5.99. The number of anilines is 1. The third-order valence-electron chi connectivity index (χ3n) is 2.52. The number of nitrogens with zero attached hydrogens (tertiary/aromatic N) is 3. The Labute approximate surface area is 111 Å². The van der Waals surface area contributed by atoms with Gasteiger partial charge in [0.1, 0.15) is 5.82 Å². The smallest absolute Gasteiger partial charge is 0.320 e. The van der Waals surface area contributed by atoms with Crippen LogP contribution in [0, 0.1) is 13.8 Å². The highest BCUT2D eigenvalue weighted by molar-refractivity contribution is 5.88. The van der Waals surface area contributed by atoms with Gasteiger partial charge in [0.2, 0.25) is 0 Å². The monoisotopic (exact) mass is 259 g/mol. The molecule has 0 aliphatic carbocycles. The van der Waals surface area contributed by atoms with Crippen molar-refractivity contribution in [1.82, 2.24) is 20.1 Å². The largest absolute Gasteiger partial charge is 0.336 e. The van der Waals surface area contributed by atoms with Crippen molar-refractivity contribution in [3.8, 4) is 0 Å². The molecule has 0 aliphatic rings. The van der Waals surface area contributed by atoms with Gasteiger partial charge >= 0.3 is 6.03 Å². The molecule has 0 aromatic carbocycles. The number of pyridine rings is 1. The minimum absolute atomic E-state index is 0.262. The standard InChI is InChI=1S/C13H17N5O/c1-10-8-15-18(9-10)7-6-14-13(19)17-12-5-3-4-11(2)16-12/h3-5,8-9H,6-7H2,1-2H3,(H2,14,16,17,19). The summed E-state index contributed by atoms with van der Waals surface area (Å²) in [7, 11) is 0. The average Bonchev–Trinajstić information content (AvgIpc) is 2.75. The molecular formula is C13H17N5O. The Morgan fingerprint density at radius 2 is 2.21 bits per heavy atom. The van der Waals surface area contributed by atoms with E-state index in [-0.39, 0.29) is 6.03 Å². The van der Waals surface area contributed by atoms with Crippen LogP contribution in [0.4, 0.5) is 10.6 Å². The van der Waals surface area contributed by atoms with Crippen molar-refractivity contribution in [3.63, 3.8) is 0 Å². The number of carbonyl (C=O) groups is 1. The Morgan fingerprint density at radius 1 is 1.37 bits per heavy atom. The topological polar surface area (TPSA) is 71.8 Å². The molecule has 0 aliphatic heterocycles. The zero-order valence-corrected chi connectivity index (χ0v) is 11.1. The normalized spacial score (nSPS) is 10.2. The van der Waals surface area contributed by atoms with Gasteiger partial charge in [-0.3, -0.25) is 10.00 Å². The molecule has 100 valence electrons. The average molecular weight is 259 g/mol. The van der Waals surface area contributed by atoms with Crippen LogP contribution in [0.1, 0.15) is 11.3 Å². The van der Waals surface area contributed by atoms with Gasteiger partial charge in [-0.05, 0) is 31.5 Å². The van der Waals surface area contributed by atoms with Crippen LogP contribution in [0.3, 0.4) is 0 Å². The summed E-state index contributed by atoms with van der Waals surface area (Å²) in [5.74, 6) is 0.549. The van der Waals surface area contributed by atoms with Crippen molar-refractivity contribution in [2.24, 2.45) is 0 Å². The lowest BCUT2D eigenvalue weighted by atomic mass is 10.4. The van der Waals surface area contributed by atoms with E-state index in [1.54, 1.807) is 16.9 Å². The Balaban J connectivity index is 1.76. The fourth-order valence-corrected chi connectivity index (χ4v) is 1.65. The minimum atomic E-state index is -0.262. The maximum absolute atomic E-state index is 11.6. The summed E-state index contributed by atoms with van der Waals surface area (Å²) in [6.45, 7) is 5.01. The molecule has 0 fully saturated rings. The first kappa shape index (κ1) is 13.1. The van der Waals surface area contributed by atoms with Crippen molar-refractivity contribution >= 4 is 11.8 Å². The van der Waals surface area contributed by atoms with Crippen LogP contribution in [0.5, 0.6) is 0 Å². The molecule has 0 saturated carbocycles. The van der Waals surface area contributed by atoms with Crippen molar-refractivity contribution in [2.75, 3.05) is 11.9 Å². The quantitative estimate of drug-likeness (QED) is 0.878. The molecular weight excluding hydrogens is 242 g/mol. The van der Waals surface area contributed by atoms with Crippen LogP contribution in [-0.2, 0) is 6.54 Å². The van der Waals surface area contributed by atoms with Gasteiger partial charge in [0.05, 0.1) is 12.7 Å². The number of hydrogen-bond acceptors (Lipinski definition) is 3. The number of amides is 2. The molecule has 0 spiro atoms. The van der Waals surface area contributed by atoms with Crippen molar-refractivity contribution in [1.29, 1.82) is 0 Å². The molecule has 0 saturated heterocycles. The lowest BCUT2D eigenvalue weighted by Gasteiger charge is -2.07.